The van der Waals surface area contributed by atoms with E-state index in [0.717, 1.165) is 44.8 Å². The van der Waals surface area contributed by atoms with E-state index in [4.69, 9.17) is 0 Å². The Morgan fingerprint density at radius 1 is 1.23 bits per heavy atom. The predicted octanol–water partition coefficient (Wildman–Crippen LogP) is 1.69. The number of carbonyl (C=O) groups is 1. The van der Waals surface area contributed by atoms with Gasteiger partial charge in [0.1, 0.15) is 11.2 Å². The fraction of sp³-hybridized carbons (Fsp3) is 0.562. The normalized spacial score (nSPS) is 26.6. The molecule has 120 valence electrons. The summed E-state index contributed by atoms with van der Waals surface area (Å²) >= 11 is 1.65. The number of thioether (sulfide) groups is 1. The highest BCUT2D eigenvalue weighted by Gasteiger charge is 2.38. The fourth-order valence-electron chi connectivity index (χ4n) is 2.97. The number of nitrogens with zero attached hydrogens (tertiary/aromatic N) is 2. The van der Waals surface area contributed by atoms with E-state index in [2.05, 4.69) is 10.2 Å². The number of rotatable bonds is 4. The van der Waals surface area contributed by atoms with Crippen LogP contribution in [0.1, 0.15) is 17.9 Å². The maximum absolute atomic E-state index is 13.1. The molecule has 2 heterocycles. The minimum Gasteiger partial charge on any atom is -0.324 e. The summed E-state index contributed by atoms with van der Waals surface area (Å²) in [6.45, 7) is 7.68. The van der Waals surface area contributed by atoms with Gasteiger partial charge in [0, 0.05) is 39.3 Å². The number of hydrogen-bond donors (Lipinski definition) is 1. The molecule has 1 aromatic carbocycles. The molecule has 3 rings (SSSR count). The molecule has 0 aromatic heterocycles. The minimum atomic E-state index is -0.238. The van der Waals surface area contributed by atoms with Crippen LogP contribution in [0, 0.1) is 5.82 Å². The summed E-state index contributed by atoms with van der Waals surface area (Å²) in [6, 6.07) is 6.52. The molecule has 22 heavy (non-hydrogen) atoms. The number of hydrogen-bond acceptors (Lipinski definition) is 4. The van der Waals surface area contributed by atoms with Gasteiger partial charge in [-0.2, -0.15) is 0 Å². The molecule has 1 aromatic rings. The second-order valence-corrected chi connectivity index (χ2v) is 7.23. The minimum absolute atomic E-state index is 0.00557. The van der Waals surface area contributed by atoms with Gasteiger partial charge in [-0.25, -0.2) is 4.39 Å². The molecular weight excluding hydrogens is 301 g/mol. The van der Waals surface area contributed by atoms with Gasteiger partial charge in [0.2, 0.25) is 5.91 Å². The Hall–Kier alpha value is -1.11. The Bertz CT molecular complexity index is 519. The molecule has 0 bridgehead atoms. The summed E-state index contributed by atoms with van der Waals surface area (Å²) in [5.74, 6) is -0.0482. The topological polar surface area (TPSA) is 35.6 Å². The molecule has 2 aliphatic heterocycles. The van der Waals surface area contributed by atoms with Crippen molar-refractivity contribution in [1.29, 1.82) is 0 Å². The van der Waals surface area contributed by atoms with Crippen molar-refractivity contribution in [3.8, 4) is 0 Å². The molecule has 2 saturated heterocycles. The second-order valence-electron chi connectivity index (χ2n) is 5.81. The van der Waals surface area contributed by atoms with Crippen molar-refractivity contribution in [2.75, 3.05) is 39.3 Å². The molecular formula is C16H22FN3OS. The van der Waals surface area contributed by atoms with Crippen LogP contribution in [0.2, 0.25) is 0 Å². The Balaban J connectivity index is 1.68. The standard InChI is InChI=1S/C16H22FN3OS/c1-12-15(21)20(11-10-19-8-6-18-7-9-19)16(22-12)13-2-4-14(17)5-3-13/h2-5,12,16,18H,6-11H2,1H3. The van der Waals surface area contributed by atoms with Crippen LogP contribution in [0.25, 0.3) is 0 Å². The molecule has 0 saturated carbocycles. The smallest absolute Gasteiger partial charge is 0.236 e. The molecule has 1 N–H and O–H groups in total. The molecule has 0 aliphatic carbocycles. The summed E-state index contributed by atoms with van der Waals surface area (Å²) in [6.07, 6.45) is 0. The average molecular weight is 323 g/mol. The van der Waals surface area contributed by atoms with Crippen molar-refractivity contribution in [2.45, 2.75) is 17.5 Å². The SMILES string of the molecule is CC1SC(c2ccc(F)cc2)N(CCN2CCNCC2)C1=O. The zero-order valence-corrected chi connectivity index (χ0v) is 13.6. The molecule has 2 fully saturated rings. The lowest BCUT2D eigenvalue weighted by Gasteiger charge is -2.31. The van der Waals surface area contributed by atoms with Crippen LogP contribution in [0.3, 0.4) is 0 Å². The van der Waals surface area contributed by atoms with Gasteiger partial charge in [-0.1, -0.05) is 12.1 Å². The Labute approximate surface area is 135 Å². The fourth-order valence-corrected chi connectivity index (χ4v) is 4.28. The number of halogens is 1. The summed E-state index contributed by atoms with van der Waals surface area (Å²) in [4.78, 5) is 16.8. The van der Waals surface area contributed by atoms with Gasteiger partial charge in [-0.3, -0.25) is 9.69 Å². The first-order chi connectivity index (χ1) is 10.6. The van der Waals surface area contributed by atoms with Crippen molar-refractivity contribution >= 4 is 17.7 Å². The number of carbonyl (C=O) groups excluding carboxylic acids is 1. The highest BCUT2D eigenvalue weighted by Crippen LogP contribution is 2.42. The van der Waals surface area contributed by atoms with E-state index in [1.807, 2.05) is 11.8 Å². The zero-order valence-electron chi connectivity index (χ0n) is 12.8. The van der Waals surface area contributed by atoms with Crippen molar-refractivity contribution in [2.24, 2.45) is 0 Å². The molecule has 2 unspecified atom stereocenters. The lowest BCUT2D eigenvalue weighted by atomic mass is 10.2. The van der Waals surface area contributed by atoms with Crippen LogP contribution in [0.15, 0.2) is 24.3 Å². The molecule has 1 amide bonds. The first kappa shape index (κ1) is 15.8. The third kappa shape index (κ3) is 3.45. The molecule has 2 aliphatic rings. The summed E-state index contributed by atoms with van der Waals surface area (Å²) in [7, 11) is 0. The van der Waals surface area contributed by atoms with Crippen LogP contribution in [0.4, 0.5) is 4.39 Å². The van der Waals surface area contributed by atoms with Gasteiger partial charge in [0.25, 0.3) is 0 Å². The van der Waals surface area contributed by atoms with E-state index in [9.17, 15) is 9.18 Å². The number of piperazine rings is 1. The van der Waals surface area contributed by atoms with Gasteiger partial charge in [0.05, 0.1) is 5.25 Å². The van der Waals surface area contributed by atoms with Gasteiger partial charge < -0.3 is 10.2 Å². The van der Waals surface area contributed by atoms with E-state index in [1.165, 1.54) is 12.1 Å². The predicted molar refractivity (Wildman–Crippen MR) is 87.2 cm³/mol. The van der Waals surface area contributed by atoms with Gasteiger partial charge in [0.15, 0.2) is 0 Å². The van der Waals surface area contributed by atoms with Crippen LogP contribution in [0.5, 0.6) is 0 Å². The summed E-state index contributed by atoms with van der Waals surface area (Å²) in [5.41, 5.74) is 1.00. The maximum atomic E-state index is 13.1. The van der Waals surface area contributed by atoms with Gasteiger partial charge in [-0.05, 0) is 24.6 Å². The maximum Gasteiger partial charge on any atom is 0.236 e. The molecule has 6 heteroatoms. The van der Waals surface area contributed by atoms with Crippen molar-refractivity contribution in [3.05, 3.63) is 35.6 Å². The lowest BCUT2D eigenvalue weighted by Crippen LogP contribution is -2.46. The Morgan fingerprint density at radius 3 is 2.59 bits per heavy atom. The third-order valence-corrected chi connectivity index (χ3v) is 5.66. The van der Waals surface area contributed by atoms with Gasteiger partial charge in [-0.15, -0.1) is 11.8 Å². The lowest BCUT2D eigenvalue weighted by molar-refractivity contribution is -0.130. The van der Waals surface area contributed by atoms with Gasteiger partial charge >= 0.3 is 0 Å². The average Bonchev–Trinajstić information content (AvgIpc) is 2.82. The van der Waals surface area contributed by atoms with E-state index >= 15 is 0 Å². The van der Waals surface area contributed by atoms with E-state index < -0.39 is 0 Å². The summed E-state index contributed by atoms with van der Waals surface area (Å²) in [5, 5.41) is 3.31. The first-order valence-electron chi connectivity index (χ1n) is 7.79. The van der Waals surface area contributed by atoms with Crippen molar-refractivity contribution < 1.29 is 9.18 Å². The largest absolute Gasteiger partial charge is 0.324 e. The van der Waals surface area contributed by atoms with Crippen molar-refractivity contribution in [3.63, 3.8) is 0 Å². The zero-order chi connectivity index (χ0) is 15.5. The second kappa shape index (κ2) is 6.98. The van der Waals surface area contributed by atoms with E-state index in [1.54, 1.807) is 23.9 Å². The number of benzene rings is 1. The number of amides is 1. The highest BCUT2D eigenvalue weighted by atomic mass is 32.2. The summed E-state index contributed by atoms with van der Waals surface area (Å²) < 4.78 is 13.1. The van der Waals surface area contributed by atoms with Crippen LogP contribution < -0.4 is 5.32 Å². The van der Waals surface area contributed by atoms with E-state index in [0.29, 0.717) is 0 Å². The Morgan fingerprint density at radius 2 is 1.91 bits per heavy atom. The van der Waals surface area contributed by atoms with E-state index in [-0.39, 0.29) is 22.3 Å². The first-order valence-corrected chi connectivity index (χ1v) is 8.74. The molecule has 4 nitrogen and oxygen atoms in total. The van der Waals surface area contributed by atoms with Crippen molar-refractivity contribution in [1.82, 2.24) is 15.1 Å². The molecule has 0 spiro atoms. The molecule has 0 radical (unpaired) electrons. The molecule has 2 atom stereocenters. The monoisotopic (exact) mass is 323 g/mol. The quantitative estimate of drug-likeness (QED) is 0.915. The van der Waals surface area contributed by atoms with Crippen LogP contribution in [-0.2, 0) is 4.79 Å². The Kier molecular flexibility index (Phi) is 5.00. The highest BCUT2D eigenvalue weighted by molar-refractivity contribution is 8.01. The third-order valence-electron chi connectivity index (χ3n) is 4.27. The van der Waals surface area contributed by atoms with Crippen LogP contribution >= 0.6 is 11.8 Å². The number of nitrogens with one attached hydrogen (secondary N) is 1. The van der Waals surface area contributed by atoms with Crippen LogP contribution in [-0.4, -0.2) is 60.2 Å².